The molecule has 2 atom stereocenters. The van der Waals surface area contributed by atoms with Crippen LogP contribution in [-0.4, -0.2) is 11.3 Å². The van der Waals surface area contributed by atoms with Crippen molar-refractivity contribution in [2.24, 2.45) is 5.73 Å². The molecule has 2 aromatic carbocycles. The monoisotopic (exact) mass is 321 g/mol. The van der Waals surface area contributed by atoms with Gasteiger partial charge in [-0.3, -0.25) is 0 Å². The molecule has 2 rings (SSSR count). The van der Waals surface area contributed by atoms with Crippen molar-refractivity contribution >= 4 is 11.6 Å². The van der Waals surface area contributed by atoms with Crippen molar-refractivity contribution in [1.29, 1.82) is 0 Å². The summed E-state index contributed by atoms with van der Waals surface area (Å²) in [5.74, 6) is -0.444. The van der Waals surface area contributed by atoms with Gasteiger partial charge in [0, 0.05) is 5.41 Å². The summed E-state index contributed by atoms with van der Waals surface area (Å²) in [6.07, 6.45) is -0.198. The fourth-order valence-corrected chi connectivity index (χ4v) is 3.11. The lowest BCUT2D eigenvalue weighted by molar-refractivity contribution is 0.139. The summed E-state index contributed by atoms with van der Waals surface area (Å²) in [5, 5.41) is 9.76. The molecule has 0 fully saturated rings. The topological polar surface area (TPSA) is 46.2 Å². The van der Waals surface area contributed by atoms with Gasteiger partial charge in [0.15, 0.2) is 0 Å². The van der Waals surface area contributed by atoms with Crippen LogP contribution in [0, 0.1) is 12.7 Å². The highest BCUT2D eigenvalue weighted by molar-refractivity contribution is 6.30. The number of aliphatic hydroxyl groups is 1. The smallest absolute Gasteiger partial charge is 0.145 e. The molecule has 0 heterocycles. The molecule has 0 spiro atoms. The molecule has 3 N–H and O–H groups in total. The van der Waals surface area contributed by atoms with Crippen LogP contribution < -0.4 is 5.73 Å². The predicted molar refractivity (Wildman–Crippen MR) is 88.5 cm³/mol. The van der Waals surface area contributed by atoms with Gasteiger partial charge in [-0.05, 0) is 42.5 Å². The predicted octanol–water partition coefficient (Wildman–Crippen LogP) is 3.96. The molecule has 0 aromatic heterocycles. The van der Waals surface area contributed by atoms with E-state index in [1.807, 2.05) is 38.1 Å². The molecule has 2 aromatic rings. The summed E-state index contributed by atoms with van der Waals surface area (Å²) in [5.41, 5.74) is 7.66. The van der Waals surface area contributed by atoms with Crippen molar-refractivity contribution in [3.63, 3.8) is 0 Å². The number of rotatable bonds is 5. The van der Waals surface area contributed by atoms with Gasteiger partial charge < -0.3 is 10.8 Å². The first-order chi connectivity index (χ1) is 10.3. The minimum absolute atomic E-state index is 0.0834. The molecular formula is C18H21ClFNO. The number of hydrogen-bond donors (Lipinski definition) is 2. The minimum Gasteiger partial charge on any atom is -0.379 e. The normalized spacial score (nSPS) is 15.4. The molecule has 0 aliphatic heterocycles. The molecule has 0 aliphatic rings. The SMILES string of the molecule is Cc1ccccc1CC(C)(C[C@H](N)O)c1cccc(Cl)c1F. The van der Waals surface area contributed by atoms with E-state index in [2.05, 4.69) is 0 Å². The Morgan fingerprint density at radius 3 is 2.55 bits per heavy atom. The van der Waals surface area contributed by atoms with E-state index in [0.717, 1.165) is 11.1 Å². The van der Waals surface area contributed by atoms with Gasteiger partial charge in [-0.25, -0.2) is 4.39 Å². The van der Waals surface area contributed by atoms with Crippen molar-refractivity contribution in [2.45, 2.75) is 38.3 Å². The molecule has 0 radical (unpaired) electrons. The van der Waals surface area contributed by atoms with Crippen molar-refractivity contribution < 1.29 is 9.50 Å². The molecule has 0 aliphatic carbocycles. The standard InChI is InChI=1S/C18H21ClFNO/c1-12-6-3-4-7-13(12)10-18(2,11-16(21)22)14-8-5-9-15(19)17(14)20/h3-9,16,22H,10-11,21H2,1-2H3/t16-,18?/m1/s1. The highest BCUT2D eigenvalue weighted by Gasteiger charge is 2.32. The van der Waals surface area contributed by atoms with E-state index in [1.165, 1.54) is 6.07 Å². The highest BCUT2D eigenvalue weighted by Crippen LogP contribution is 2.36. The zero-order valence-corrected chi connectivity index (χ0v) is 13.6. The summed E-state index contributed by atoms with van der Waals surface area (Å²) in [7, 11) is 0. The van der Waals surface area contributed by atoms with Gasteiger partial charge in [-0.1, -0.05) is 54.9 Å². The van der Waals surface area contributed by atoms with Crippen LogP contribution >= 0.6 is 11.6 Å². The van der Waals surface area contributed by atoms with Crippen molar-refractivity contribution in [3.8, 4) is 0 Å². The molecule has 2 nitrogen and oxygen atoms in total. The summed E-state index contributed by atoms with van der Waals surface area (Å²) in [4.78, 5) is 0. The number of benzene rings is 2. The first-order valence-electron chi connectivity index (χ1n) is 7.26. The van der Waals surface area contributed by atoms with E-state index in [1.54, 1.807) is 12.1 Å². The van der Waals surface area contributed by atoms with Gasteiger partial charge in [0.2, 0.25) is 0 Å². The molecule has 0 saturated heterocycles. The van der Waals surface area contributed by atoms with Gasteiger partial charge in [0.05, 0.1) is 5.02 Å². The van der Waals surface area contributed by atoms with Gasteiger partial charge in [-0.15, -0.1) is 0 Å². The first-order valence-corrected chi connectivity index (χ1v) is 7.64. The summed E-state index contributed by atoms with van der Waals surface area (Å²) < 4.78 is 14.5. The number of nitrogens with two attached hydrogens (primary N) is 1. The van der Waals surface area contributed by atoms with E-state index in [0.29, 0.717) is 12.0 Å². The van der Waals surface area contributed by atoms with Gasteiger partial charge in [-0.2, -0.15) is 0 Å². The average molecular weight is 322 g/mol. The third-order valence-electron chi connectivity index (χ3n) is 4.10. The maximum atomic E-state index is 14.5. The third kappa shape index (κ3) is 3.67. The summed E-state index contributed by atoms with van der Waals surface area (Å²) in [6.45, 7) is 3.92. The van der Waals surface area contributed by atoms with Crippen LogP contribution in [0.1, 0.15) is 30.0 Å². The van der Waals surface area contributed by atoms with Crippen molar-refractivity contribution in [1.82, 2.24) is 0 Å². The maximum Gasteiger partial charge on any atom is 0.145 e. The Bertz CT molecular complexity index is 659. The van der Waals surface area contributed by atoms with Crippen LogP contribution in [0.25, 0.3) is 0 Å². The van der Waals surface area contributed by atoms with E-state index in [9.17, 15) is 9.50 Å². The number of halogens is 2. The summed E-state index contributed by atoms with van der Waals surface area (Å²) >= 11 is 5.92. The number of aliphatic hydroxyl groups excluding tert-OH is 1. The maximum absolute atomic E-state index is 14.5. The highest BCUT2D eigenvalue weighted by atomic mass is 35.5. The van der Waals surface area contributed by atoms with Gasteiger partial charge in [0.1, 0.15) is 12.0 Å². The van der Waals surface area contributed by atoms with Crippen LogP contribution in [0.15, 0.2) is 42.5 Å². The minimum atomic E-state index is -1.02. The third-order valence-corrected chi connectivity index (χ3v) is 4.40. The second-order valence-electron chi connectivity index (χ2n) is 6.04. The van der Waals surface area contributed by atoms with E-state index < -0.39 is 17.5 Å². The molecule has 0 saturated carbocycles. The Balaban J connectivity index is 2.48. The lowest BCUT2D eigenvalue weighted by atomic mass is 9.73. The van der Waals surface area contributed by atoms with Crippen LogP contribution in [0.4, 0.5) is 4.39 Å². The fraction of sp³-hybridized carbons (Fsp3) is 0.333. The Morgan fingerprint density at radius 1 is 1.23 bits per heavy atom. The summed E-state index contributed by atoms with van der Waals surface area (Å²) in [6, 6.07) is 12.9. The zero-order valence-electron chi connectivity index (χ0n) is 12.8. The second kappa shape index (κ2) is 6.78. The Hall–Kier alpha value is -1.42. The number of hydrogen-bond acceptors (Lipinski definition) is 2. The van der Waals surface area contributed by atoms with Crippen LogP contribution in [-0.2, 0) is 11.8 Å². The zero-order chi connectivity index (χ0) is 16.3. The van der Waals surface area contributed by atoms with E-state index >= 15 is 0 Å². The van der Waals surface area contributed by atoms with E-state index in [-0.39, 0.29) is 11.4 Å². The molecule has 22 heavy (non-hydrogen) atoms. The molecule has 0 amide bonds. The lowest BCUT2D eigenvalue weighted by Crippen LogP contribution is -2.35. The molecular weight excluding hydrogens is 301 g/mol. The molecule has 1 unspecified atom stereocenters. The lowest BCUT2D eigenvalue weighted by Gasteiger charge is -2.32. The van der Waals surface area contributed by atoms with E-state index in [4.69, 9.17) is 17.3 Å². The molecule has 118 valence electrons. The quantitative estimate of drug-likeness (QED) is 0.819. The van der Waals surface area contributed by atoms with Gasteiger partial charge >= 0.3 is 0 Å². The second-order valence-corrected chi connectivity index (χ2v) is 6.44. The molecule has 4 heteroatoms. The first kappa shape index (κ1) is 16.9. The van der Waals surface area contributed by atoms with Crippen LogP contribution in [0.5, 0.6) is 0 Å². The Kier molecular flexibility index (Phi) is 5.22. The molecule has 0 bridgehead atoms. The van der Waals surface area contributed by atoms with Crippen molar-refractivity contribution in [3.05, 3.63) is 70.0 Å². The number of aryl methyl sites for hydroxylation is 1. The van der Waals surface area contributed by atoms with Crippen LogP contribution in [0.3, 0.4) is 0 Å². The fourth-order valence-electron chi connectivity index (χ4n) is 2.94. The average Bonchev–Trinajstić information content (AvgIpc) is 2.43. The Labute approximate surface area is 135 Å². The van der Waals surface area contributed by atoms with Gasteiger partial charge in [0.25, 0.3) is 0 Å². The Morgan fingerprint density at radius 2 is 1.91 bits per heavy atom. The van der Waals surface area contributed by atoms with Crippen LogP contribution in [0.2, 0.25) is 5.02 Å². The largest absolute Gasteiger partial charge is 0.379 e. The van der Waals surface area contributed by atoms with Crippen molar-refractivity contribution in [2.75, 3.05) is 0 Å².